The number of ether oxygens (including phenoxy) is 2. The molecule has 2 aliphatic rings. The normalized spacial score (nSPS) is 25.5. The van der Waals surface area contributed by atoms with Crippen molar-refractivity contribution in [3.05, 3.63) is 24.3 Å². The van der Waals surface area contributed by atoms with Crippen molar-refractivity contribution in [2.24, 2.45) is 0 Å². The number of rotatable bonds is 6. The molecule has 2 fully saturated rings. The van der Waals surface area contributed by atoms with Crippen LogP contribution in [0.15, 0.2) is 24.3 Å². The monoisotopic (exact) mass is 350 g/mol. The van der Waals surface area contributed by atoms with E-state index in [2.05, 4.69) is 5.32 Å². The zero-order valence-corrected chi connectivity index (χ0v) is 14.7. The van der Waals surface area contributed by atoms with E-state index in [4.69, 9.17) is 9.47 Å². The Hall–Kier alpha value is -1.89. The first-order chi connectivity index (χ1) is 11.5. The molecule has 0 aromatic heterocycles. The van der Waals surface area contributed by atoms with Crippen LogP contribution < -0.4 is 14.8 Å². The highest BCUT2D eigenvalue weighted by atomic mass is 32.2. The third kappa shape index (κ3) is 3.31. The molecule has 2 amide bonds. The van der Waals surface area contributed by atoms with Crippen LogP contribution in [0.1, 0.15) is 19.8 Å². The molecular formula is C17H22N2O4S. The number of nitrogens with zero attached hydrogens (tertiary/aromatic N) is 1. The summed E-state index contributed by atoms with van der Waals surface area (Å²) >= 11 is 1.70. The maximum atomic E-state index is 12.4. The van der Waals surface area contributed by atoms with E-state index in [0.717, 1.165) is 17.9 Å². The number of carbonyl (C=O) groups excluding carboxylic acids is 2. The van der Waals surface area contributed by atoms with Crippen LogP contribution in [-0.4, -0.2) is 53.6 Å². The summed E-state index contributed by atoms with van der Waals surface area (Å²) in [6.45, 7) is 2.83. The van der Waals surface area contributed by atoms with Gasteiger partial charge in [-0.15, -0.1) is 11.8 Å². The fourth-order valence-corrected chi connectivity index (χ4v) is 4.58. The van der Waals surface area contributed by atoms with Gasteiger partial charge in [-0.2, -0.15) is 0 Å². The van der Waals surface area contributed by atoms with E-state index in [1.165, 1.54) is 0 Å². The minimum absolute atomic E-state index is 0.0807. The Morgan fingerprint density at radius 3 is 2.79 bits per heavy atom. The number of thioether (sulfide) groups is 1. The predicted octanol–water partition coefficient (Wildman–Crippen LogP) is 1.64. The standard InChI is InChI=1S/C17H22N2O4S/c1-17-8-7-15(20)19(17)14(11-24-17)16(21)18-9-10-23-13-5-3-12(22-2)4-6-13/h3-6,14H,7-11H2,1-2H3,(H,18,21). The number of amides is 2. The average molecular weight is 350 g/mol. The molecule has 0 spiro atoms. The molecule has 2 heterocycles. The van der Waals surface area contributed by atoms with Crippen LogP contribution in [0, 0.1) is 0 Å². The first-order valence-electron chi connectivity index (χ1n) is 8.04. The van der Waals surface area contributed by atoms with Crippen molar-refractivity contribution < 1.29 is 19.1 Å². The quantitative estimate of drug-likeness (QED) is 0.790. The first-order valence-corrected chi connectivity index (χ1v) is 9.03. The number of nitrogens with one attached hydrogen (secondary N) is 1. The summed E-state index contributed by atoms with van der Waals surface area (Å²) in [5.74, 6) is 2.14. The maximum Gasteiger partial charge on any atom is 0.243 e. The number of methoxy groups -OCH3 is 1. The molecule has 2 atom stereocenters. The molecule has 7 heteroatoms. The fraction of sp³-hybridized carbons (Fsp3) is 0.529. The number of fused-ring (bicyclic) bond motifs is 1. The highest BCUT2D eigenvalue weighted by molar-refractivity contribution is 8.01. The molecule has 1 aromatic carbocycles. The summed E-state index contributed by atoms with van der Waals surface area (Å²) in [5, 5.41) is 2.87. The lowest BCUT2D eigenvalue weighted by Gasteiger charge is -2.29. The molecule has 1 N–H and O–H groups in total. The first kappa shape index (κ1) is 17.0. The van der Waals surface area contributed by atoms with Gasteiger partial charge in [-0.25, -0.2) is 0 Å². The lowest BCUT2D eigenvalue weighted by atomic mass is 10.2. The zero-order valence-electron chi connectivity index (χ0n) is 13.9. The molecule has 2 saturated heterocycles. The molecule has 2 aliphatic heterocycles. The van der Waals surface area contributed by atoms with Gasteiger partial charge in [0, 0.05) is 12.2 Å². The van der Waals surface area contributed by atoms with Crippen molar-refractivity contribution in [3.63, 3.8) is 0 Å². The van der Waals surface area contributed by atoms with Crippen molar-refractivity contribution in [3.8, 4) is 11.5 Å². The van der Waals surface area contributed by atoms with Gasteiger partial charge in [-0.3, -0.25) is 9.59 Å². The SMILES string of the molecule is COc1ccc(OCCNC(=O)C2CSC3(C)CCC(=O)N23)cc1. The van der Waals surface area contributed by atoms with Gasteiger partial charge in [-0.05, 0) is 37.6 Å². The molecule has 1 aromatic rings. The molecular weight excluding hydrogens is 328 g/mol. The summed E-state index contributed by atoms with van der Waals surface area (Å²) in [7, 11) is 1.61. The highest BCUT2D eigenvalue weighted by Gasteiger charge is 2.52. The van der Waals surface area contributed by atoms with Crippen molar-refractivity contribution in [2.45, 2.75) is 30.7 Å². The van der Waals surface area contributed by atoms with E-state index < -0.39 is 0 Å². The largest absolute Gasteiger partial charge is 0.497 e. The van der Waals surface area contributed by atoms with Crippen LogP contribution >= 0.6 is 11.8 Å². The van der Waals surface area contributed by atoms with Crippen LogP contribution in [-0.2, 0) is 9.59 Å². The van der Waals surface area contributed by atoms with Gasteiger partial charge in [0.1, 0.15) is 24.1 Å². The van der Waals surface area contributed by atoms with E-state index in [1.54, 1.807) is 23.8 Å². The van der Waals surface area contributed by atoms with E-state index in [-0.39, 0.29) is 22.7 Å². The van der Waals surface area contributed by atoms with E-state index in [0.29, 0.717) is 25.3 Å². The van der Waals surface area contributed by atoms with E-state index in [1.807, 2.05) is 31.2 Å². The molecule has 2 unspecified atom stereocenters. The van der Waals surface area contributed by atoms with Crippen molar-refractivity contribution >= 4 is 23.6 Å². The number of carbonyl (C=O) groups is 2. The molecule has 0 aliphatic carbocycles. The minimum Gasteiger partial charge on any atom is -0.497 e. The third-order valence-electron chi connectivity index (χ3n) is 4.48. The van der Waals surface area contributed by atoms with Crippen LogP contribution in [0.4, 0.5) is 0 Å². The summed E-state index contributed by atoms with van der Waals surface area (Å²) in [4.78, 5) is 26.0. The Balaban J connectivity index is 1.45. The van der Waals surface area contributed by atoms with Crippen LogP contribution in [0.25, 0.3) is 0 Å². The third-order valence-corrected chi connectivity index (χ3v) is 5.98. The van der Waals surface area contributed by atoms with Gasteiger partial charge in [0.05, 0.1) is 18.5 Å². The van der Waals surface area contributed by atoms with Crippen LogP contribution in [0.5, 0.6) is 11.5 Å². The van der Waals surface area contributed by atoms with Crippen molar-refractivity contribution in [2.75, 3.05) is 26.0 Å². The molecule has 6 nitrogen and oxygen atoms in total. The second-order valence-electron chi connectivity index (χ2n) is 6.08. The minimum atomic E-state index is -0.365. The Labute approximate surface area is 145 Å². The molecule has 130 valence electrons. The maximum absolute atomic E-state index is 12.4. The number of hydrogen-bond donors (Lipinski definition) is 1. The van der Waals surface area contributed by atoms with Gasteiger partial charge in [0.25, 0.3) is 0 Å². The van der Waals surface area contributed by atoms with E-state index >= 15 is 0 Å². The Bertz CT molecular complexity index is 622. The van der Waals surface area contributed by atoms with Gasteiger partial charge in [0.15, 0.2) is 0 Å². The lowest BCUT2D eigenvalue weighted by molar-refractivity contribution is -0.137. The Morgan fingerprint density at radius 2 is 2.08 bits per heavy atom. The lowest BCUT2D eigenvalue weighted by Crippen LogP contribution is -2.50. The molecule has 0 bridgehead atoms. The van der Waals surface area contributed by atoms with Crippen LogP contribution in [0.2, 0.25) is 0 Å². The van der Waals surface area contributed by atoms with Gasteiger partial charge >= 0.3 is 0 Å². The molecule has 0 saturated carbocycles. The van der Waals surface area contributed by atoms with Crippen molar-refractivity contribution in [1.29, 1.82) is 0 Å². The summed E-state index contributed by atoms with van der Waals surface area (Å²) in [6, 6.07) is 6.93. The fourth-order valence-electron chi connectivity index (χ4n) is 3.15. The summed E-state index contributed by atoms with van der Waals surface area (Å²) in [6.07, 6.45) is 1.36. The Morgan fingerprint density at radius 1 is 1.38 bits per heavy atom. The number of hydrogen-bond acceptors (Lipinski definition) is 5. The highest BCUT2D eigenvalue weighted by Crippen LogP contribution is 2.47. The van der Waals surface area contributed by atoms with Gasteiger partial charge in [-0.1, -0.05) is 0 Å². The van der Waals surface area contributed by atoms with Gasteiger partial charge in [0.2, 0.25) is 11.8 Å². The molecule has 3 rings (SSSR count). The smallest absolute Gasteiger partial charge is 0.243 e. The average Bonchev–Trinajstić information content (AvgIpc) is 3.08. The van der Waals surface area contributed by atoms with E-state index in [9.17, 15) is 9.59 Å². The summed E-state index contributed by atoms with van der Waals surface area (Å²) in [5.41, 5.74) is 0. The molecule has 24 heavy (non-hydrogen) atoms. The van der Waals surface area contributed by atoms with Crippen molar-refractivity contribution in [1.82, 2.24) is 10.2 Å². The second-order valence-corrected chi connectivity index (χ2v) is 7.58. The molecule has 0 radical (unpaired) electrons. The summed E-state index contributed by atoms with van der Waals surface area (Å²) < 4.78 is 10.7. The van der Waals surface area contributed by atoms with Crippen LogP contribution in [0.3, 0.4) is 0 Å². The van der Waals surface area contributed by atoms with Gasteiger partial charge < -0.3 is 19.7 Å². The Kier molecular flexibility index (Phi) is 4.89. The number of benzene rings is 1. The predicted molar refractivity (Wildman–Crippen MR) is 92.2 cm³/mol. The zero-order chi connectivity index (χ0) is 17.2. The topological polar surface area (TPSA) is 67.9 Å². The second kappa shape index (κ2) is 6.93.